The largest absolute Gasteiger partial charge is 0.507 e. The molecule has 3 amide bonds. The van der Waals surface area contributed by atoms with Crippen LogP contribution >= 0.6 is 11.3 Å². The molecule has 2 aliphatic rings. The maximum atomic E-state index is 14.1. The molecule has 1 unspecified atom stereocenters. The van der Waals surface area contributed by atoms with E-state index in [-0.39, 0.29) is 49.4 Å². The number of para-hydroxylation sites is 1. The summed E-state index contributed by atoms with van der Waals surface area (Å²) >= 11 is 1.58. The van der Waals surface area contributed by atoms with Gasteiger partial charge in [0.25, 0.3) is 0 Å². The van der Waals surface area contributed by atoms with Crippen LogP contribution in [0.3, 0.4) is 0 Å². The van der Waals surface area contributed by atoms with E-state index < -0.39 is 23.6 Å². The Morgan fingerprint density at radius 1 is 0.903 bits per heavy atom. The molecule has 0 aliphatic carbocycles. The number of anilines is 1. The van der Waals surface area contributed by atoms with Crippen molar-refractivity contribution in [2.45, 2.75) is 78.2 Å². The van der Waals surface area contributed by atoms with Crippen LogP contribution in [0.25, 0.3) is 32.8 Å². The number of phenols is 1. The second-order valence-electron chi connectivity index (χ2n) is 17.4. The summed E-state index contributed by atoms with van der Waals surface area (Å²) < 4.78 is 0. The third kappa shape index (κ3) is 10.8. The SMILES string of the molecule is Cc1ncsc1-c1ccc(CNC(=O)[C@@H]2C[C@@H](O)CN2C(=O)C(NC(=O)CCCN2CCN(Cc3ccc(-c4cc(-c5ccccc5O)nnc4N)cc3)CC2)C(C)(C)C)cc1. The molecule has 5 aromatic rings. The summed E-state index contributed by atoms with van der Waals surface area (Å²) in [5, 5.41) is 35.2. The third-order valence-electron chi connectivity index (χ3n) is 11.7. The molecule has 3 atom stereocenters. The van der Waals surface area contributed by atoms with Crippen LogP contribution in [0.15, 0.2) is 84.4 Å². The first kappa shape index (κ1) is 44.3. The van der Waals surface area contributed by atoms with Gasteiger partial charge in [-0.25, -0.2) is 4.98 Å². The zero-order chi connectivity index (χ0) is 44.0. The number of aryl methyl sites for hydroxylation is 1. The lowest BCUT2D eigenvalue weighted by atomic mass is 9.85. The van der Waals surface area contributed by atoms with Gasteiger partial charge >= 0.3 is 0 Å². The molecule has 62 heavy (non-hydrogen) atoms. The van der Waals surface area contributed by atoms with Crippen LogP contribution in [0.1, 0.15) is 56.9 Å². The van der Waals surface area contributed by atoms with E-state index in [0.717, 1.165) is 72.1 Å². The second-order valence-corrected chi connectivity index (χ2v) is 18.3. The first-order valence-electron chi connectivity index (χ1n) is 21.2. The van der Waals surface area contributed by atoms with Crippen LogP contribution in [0, 0.1) is 12.3 Å². The molecule has 0 saturated carbocycles. The molecule has 0 radical (unpaired) electrons. The van der Waals surface area contributed by atoms with Gasteiger partial charge in [-0.3, -0.25) is 19.3 Å². The summed E-state index contributed by atoms with van der Waals surface area (Å²) in [6, 6.07) is 23.4. The van der Waals surface area contributed by atoms with Crippen LogP contribution in [-0.2, 0) is 27.5 Å². The van der Waals surface area contributed by atoms with E-state index in [1.54, 1.807) is 29.5 Å². The van der Waals surface area contributed by atoms with Crippen molar-refractivity contribution in [3.63, 3.8) is 0 Å². The van der Waals surface area contributed by atoms with Gasteiger partial charge in [0.05, 0.1) is 27.9 Å². The number of rotatable bonds is 14. The Labute approximate surface area is 367 Å². The number of aromatic hydroxyl groups is 1. The van der Waals surface area contributed by atoms with E-state index in [1.165, 1.54) is 10.5 Å². The number of benzene rings is 3. The highest BCUT2D eigenvalue weighted by molar-refractivity contribution is 7.13. The number of nitrogens with one attached hydrogen (secondary N) is 2. The Balaban J connectivity index is 0.853. The quantitative estimate of drug-likeness (QED) is 0.0983. The van der Waals surface area contributed by atoms with Crippen molar-refractivity contribution in [3.05, 3.63) is 101 Å². The number of hydrogen-bond acceptors (Lipinski definition) is 12. The zero-order valence-electron chi connectivity index (χ0n) is 35.9. The number of carbonyl (C=O) groups excluding carboxylic acids is 3. The summed E-state index contributed by atoms with van der Waals surface area (Å²) in [6.45, 7) is 13.1. The summed E-state index contributed by atoms with van der Waals surface area (Å²) in [7, 11) is 0. The lowest BCUT2D eigenvalue weighted by molar-refractivity contribution is -0.144. The zero-order valence-corrected chi connectivity index (χ0v) is 36.7. The fraction of sp³-hybridized carbons (Fsp3) is 0.404. The average Bonchev–Trinajstić information content (AvgIpc) is 3.88. The molecule has 7 rings (SSSR count). The van der Waals surface area contributed by atoms with Crippen molar-refractivity contribution in [2.75, 3.05) is 45.0 Å². The molecular weight excluding hydrogens is 803 g/mol. The number of aromatic nitrogens is 3. The summed E-state index contributed by atoms with van der Waals surface area (Å²) in [4.78, 5) is 52.5. The molecule has 4 heterocycles. The summed E-state index contributed by atoms with van der Waals surface area (Å²) in [6.07, 6.45) is 0.214. The fourth-order valence-electron chi connectivity index (χ4n) is 8.15. The number of likely N-dealkylation sites (tertiary alicyclic amines) is 1. The van der Waals surface area contributed by atoms with E-state index in [4.69, 9.17) is 5.73 Å². The van der Waals surface area contributed by atoms with Crippen molar-refractivity contribution < 1.29 is 24.6 Å². The number of aliphatic hydroxyl groups is 1. The molecule has 14 nitrogen and oxygen atoms in total. The first-order valence-corrected chi connectivity index (χ1v) is 22.1. The van der Waals surface area contributed by atoms with E-state index in [2.05, 4.69) is 47.7 Å². The minimum atomic E-state index is -0.865. The normalized spacial score (nSPS) is 17.8. The maximum absolute atomic E-state index is 14.1. The highest BCUT2D eigenvalue weighted by atomic mass is 32.1. The van der Waals surface area contributed by atoms with Gasteiger partial charge in [-0.15, -0.1) is 21.5 Å². The van der Waals surface area contributed by atoms with Crippen LogP contribution < -0.4 is 16.4 Å². The molecule has 2 aliphatic heterocycles. The number of hydrogen-bond donors (Lipinski definition) is 5. The van der Waals surface area contributed by atoms with Gasteiger partial charge in [0, 0.05) is 69.8 Å². The highest BCUT2D eigenvalue weighted by Crippen LogP contribution is 2.33. The lowest BCUT2D eigenvalue weighted by Crippen LogP contribution is -2.57. The fourth-order valence-corrected chi connectivity index (χ4v) is 8.96. The molecule has 2 aromatic heterocycles. The number of piperazine rings is 1. The number of nitrogens with zero attached hydrogens (tertiary/aromatic N) is 6. The Hall–Kier alpha value is -5.74. The smallest absolute Gasteiger partial charge is 0.246 e. The topological polar surface area (TPSA) is 190 Å². The monoisotopic (exact) mass is 859 g/mol. The number of carbonyl (C=O) groups is 3. The van der Waals surface area contributed by atoms with Crippen molar-refractivity contribution >= 4 is 34.9 Å². The van der Waals surface area contributed by atoms with Crippen molar-refractivity contribution in [1.82, 2.24) is 40.5 Å². The molecule has 15 heteroatoms. The Kier molecular flexibility index (Phi) is 14.0. The van der Waals surface area contributed by atoms with Crippen molar-refractivity contribution in [2.24, 2.45) is 5.41 Å². The van der Waals surface area contributed by atoms with Gasteiger partial charge in [0.1, 0.15) is 17.8 Å². The molecule has 326 valence electrons. The number of aliphatic hydroxyl groups excluding tert-OH is 1. The molecule has 0 spiro atoms. The van der Waals surface area contributed by atoms with E-state index in [9.17, 15) is 24.6 Å². The molecular formula is C47H57N9O5S. The number of nitrogens with two attached hydrogens (primary N) is 1. The van der Waals surface area contributed by atoms with Gasteiger partial charge in [-0.1, -0.05) is 81.4 Å². The molecule has 6 N–H and O–H groups in total. The van der Waals surface area contributed by atoms with Crippen LogP contribution in [0.2, 0.25) is 0 Å². The van der Waals surface area contributed by atoms with Crippen LogP contribution in [-0.4, -0.2) is 115 Å². The average molecular weight is 860 g/mol. The first-order chi connectivity index (χ1) is 29.7. The maximum Gasteiger partial charge on any atom is 0.246 e. The third-order valence-corrected chi connectivity index (χ3v) is 12.7. The van der Waals surface area contributed by atoms with Crippen molar-refractivity contribution in [3.8, 4) is 38.6 Å². The predicted octanol–water partition coefficient (Wildman–Crippen LogP) is 5.24. The van der Waals surface area contributed by atoms with E-state index >= 15 is 0 Å². The predicted molar refractivity (Wildman–Crippen MR) is 242 cm³/mol. The Morgan fingerprint density at radius 3 is 2.26 bits per heavy atom. The van der Waals surface area contributed by atoms with Crippen LogP contribution in [0.4, 0.5) is 5.82 Å². The van der Waals surface area contributed by atoms with Gasteiger partial charge in [-0.05, 0) is 65.8 Å². The minimum Gasteiger partial charge on any atom is -0.507 e. The van der Waals surface area contributed by atoms with Gasteiger partial charge in [-0.2, -0.15) is 0 Å². The second kappa shape index (κ2) is 19.5. The van der Waals surface area contributed by atoms with Gasteiger partial charge in [0.2, 0.25) is 17.7 Å². The van der Waals surface area contributed by atoms with Crippen molar-refractivity contribution in [1.29, 1.82) is 0 Å². The molecule has 0 bridgehead atoms. The summed E-state index contributed by atoms with van der Waals surface area (Å²) in [5.41, 5.74) is 14.4. The Bertz CT molecular complexity index is 2340. The van der Waals surface area contributed by atoms with Crippen LogP contribution in [0.5, 0.6) is 5.75 Å². The minimum absolute atomic E-state index is 0.0285. The standard InChI is InChI=1S/C47H57N9O5S/c1-30-42(62-29-50-30)34-17-11-31(12-18-34)26-49-45(60)39-24-35(57)28-56(39)46(61)43(47(2,3)4)51-41(59)10-7-19-54-20-22-55(23-21-54)27-32-13-15-33(16-14-32)37-25-38(52-53-44(37)48)36-8-5-6-9-40(36)58/h5-6,8-9,11-18,25,29,35,39,43,57-58H,7,10,19-24,26-28H2,1-4H3,(H2,48,53)(H,49,60)(H,51,59)/t35-,39+,43?/m1/s1. The van der Waals surface area contributed by atoms with Gasteiger partial charge < -0.3 is 36.4 Å². The molecule has 2 saturated heterocycles. The number of thiazole rings is 1. The molecule has 3 aromatic carbocycles. The number of amides is 3. The van der Waals surface area contributed by atoms with E-state index in [0.29, 0.717) is 23.5 Å². The number of nitrogen functional groups attached to an aromatic ring is 1. The lowest BCUT2D eigenvalue weighted by Gasteiger charge is -2.36. The van der Waals surface area contributed by atoms with Gasteiger partial charge in [0.15, 0.2) is 5.82 Å². The molecule has 2 fully saturated rings. The number of β-amino-alcohol motifs (C(OH)–C–C–N with tert-alkyl or cyclic N) is 1. The highest BCUT2D eigenvalue weighted by Gasteiger charge is 2.44. The summed E-state index contributed by atoms with van der Waals surface area (Å²) in [5.74, 6) is -0.457. The van der Waals surface area contributed by atoms with E-state index in [1.807, 2.05) is 81.7 Å². The number of phenolic OH excluding ortho intramolecular Hbond substituents is 1. The Morgan fingerprint density at radius 2 is 1.58 bits per heavy atom.